The molecule has 0 bridgehead atoms. The summed E-state index contributed by atoms with van der Waals surface area (Å²) in [6.45, 7) is 7.96. The van der Waals surface area contributed by atoms with Gasteiger partial charge in [0.15, 0.2) is 0 Å². The molecule has 0 aromatic carbocycles. The Hall–Kier alpha value is -1.58. The third-order valence-electron chi connectivity index (χ3n) is 4.72. The summed E-state index contributed by atoms with van der Waals surface area (Å²) in [6, 6.07) is 4.08. The van der Waals surface area contributed by atoms with Gasteiger partial charge in [-0.25, -0.2) is 4.98 Å². The lowest BCUT2D eigenvalue weighted by Crippen LogP contribution is -2.37. The normalized spacial score (nSPS) is 18.0. The zero-order chi connectivity index (χ0) is 15.4. The summed E-state index contributed by atoms with van der Waals surface area (Å²) in [7, 11) is 0. The fourth-order valence-corrected chi connectivity index (χ4v) is 3.34. The maximum absolute atomic E-state index is 11.4. The van der Waals surface area contributed by atoms with E-state index in [0.717, 1.165) is 32.4 Å². The first-order chi connectivity index (χ1) is 9.99. The van der Waals surface area contributed by atoms with Gasteiger partial charge in [0.2, 0.25) is 5.91 Å². The highest BCUT2D eigenvalue weighted by atomic mass is 16.2. The highest BCUT2D eigenvalue weighted by Gasteiger charge is 2.26. The second-order valence-corrected chi connectivity index (χ2v) is 6.51. The van der Waals surface area contributed by atoms with Gasteiger partial charge in [-0.3, -0.25) is 4.79 Å². The molecule has 1 saturated heterocycles. The van der Waals surface area contributed by atoms with E-state index in [-0.39, 0.29) is 5.91 Å². The zero-order valence-corrected chi connectivity index (χ0v) is 13.4. The molecular weight excluding hydrogens is 262 g/mol. The zero-order valence-electron chi connectivity index (χ0n) is 13.4. The predicted octanol–water partition coefficient (Wildman–Crippen LogP) is 3.05. The first-order valence-electron chi connectivity index (χ1n) is 7.95. The summed E-state index contributed by atoms with van der Waals surface area (Å²) in [5.74, 6) is 2.53. The number of nitrogen functional groups attached to an aromatic ring is 1. The highest BCUT2D eigenvalue weighted by Crippen LogP contribution is 2.36. The SMILES string of the molecule is CC(=O)N1CCC(CC(c2cccnc2N)C(C)C)CC1. The van der Waals surface area contributed by atoms with Gasteiger partial charge in [0.25, 0.3) is 0 Å². The van der Waals surface area contributed by atoms with Gasteiger partial charge in [0.1, 0.15) is 5.82 Å². The Morgan fingerprint density at radius 2 is 2.10 bits per heavy atom. The maximum Gasteiger partial charge on any atom is 0.219 e. The van der Waals surface area contributed by atoms with Crippen LogP contribution in [0.2, 0.25) is 0 Å². The van der Waals surface area contributed by atoms with Gasteiger partial charge in [0, 0.05) is 26.2 Å². The second kappa shape index (κ2) is 6.92. The van der Waals surface area contributed by atoms with E-state index < -0.39 is 0 Å². The number of hydrogen-bond acceptors (Lipinski definition) is 3. The van der Waals surface area contributed by atoms with Gasteiger partial charge >= 0.3 is 0 Å². The van der Waals surface area contributed by atoms with E-state index in [4.69, 9.17) is 5.73 Å². The van der Waals surface area contributed by atoms with Gasteiger partial charge < -0.3 is 10.6 Å². The average molecular weight is 289 g/mol. The summed E-state index contributed by atoms with van der Waals surface area (Å²) in [5.41, 5.74) is 7.24. The molecule has 1 aliphatic rings. The summed E-state index contributed by atoms with van der Waals surface area (Å²) >= 11 is 0. The van der Waals surface area contributed by atoms with Gasteiger partial charge in [-0.05, 0) is 48.6 Å². The first kappa shape index (κ1) is 15.8. The van der Waals surface area contributed by atoms with Crippen LogP contribution in [0.25, 0.3) is 0 Å². The van der Waals surface area contributed by atoms with Crippen LogP contribution in [0.1, 0.15) is 51.5 Å². The lowest BCUT2D eigenvalue weighted by molar-refractivity contribution is -0.130. The van der Waals surface area contributed by atoms with Crippen LogP contribution in [0, 0.1) is 11.8 Å². The molecule has 0 saturated carbocycles. The van der Waals surface area contributed by atoms with Gasteiger partial charge in [0.05, 0.1) is 0 Å². The molecule has 1 aromatic rings. The van der Waals surface area contributed by atoms with E-state index >= 15 is 0 Å². The minimum absolute atomic E-state index is 0.199. The molecule has 1 atom stereocenters. The van der Waals surface area contributed by atoms with Crippen molar-refractivity contribution in [3.63, 3.8) is 0 Å². The van der Waals surface area contributed by atoms with E-state index in [2.05, 4.69) is 24.9 Å². The van der Waals surface area contributed by atoms with E-state index in [0.29, 0.717) is 23.6 Å². The van der Waals surface area contributed by atoms with Crippen molar-refractivity contribution in [1.29, 1.82) is 0 Å². The fourth-order valence-electron chi connectivity index (χ4n) is 3.34. The largest absolute Gasteiger partial charge is 0.383 e. The number of nitrogens with two attached hydrogens (primary N) is 1. The number of rotatable bonds is 4. The molecule has 1 amide bonds. The third-order valence-corrected chi connectivity index (χ3v) is 4.72. The number of hydrogen-bond donors (Lipinski definition) is 1. The molecule has 0 aliphatic carbocycles. The van der Waals surface area contributed by atoms with Crippen molar-refractivity contribution in [3.8, 4) is 0 Å². The summed E-state index contributed by atoms with van der Waals surface area (Å²) in [6.07, 6.45) is 5.09. The van der Waals surface area contributed by atoms with Gasteiger partial charge in [-0.15, -0.1) is 0 Å². The first-order valence-corrected chi connectivity index (χ1v) is 7.95. The minimum atomic E-state index is 0.199. The molecule has 4 nitrogen and oxygen atoms in total. The Balaban J connectivity index is 2.02. The van der Waals surface area contributed by atoms with Crippen molar-refractivity contribution in [2.45, 2.75) is 46.0 Å². The van der Waals surface area contributed by atoms with Crippen LogP contribution in [0.15, 0.2) is 18.3 Å². The van der Waals surface area contributed by atoms with Crippen LogP contribution in [0.3, 0.4) is 0 Å². The number of pyridine rings is 1. The number of carbonyl (C=O) groups is 1. The number of carbonyl (C=O) groups excluding carboxylic acids is 1. The number of amides is 1. The standard InChI is InChI=1S/C17H27N3O/c1-12(2)16(15-5-4-8-19-17(15)18)11-14-6-9-20(10-7-14)13(3)21/h4-5,8,12,14,16H,6-7,9-11H2,1-3H3,(H2,18,19). The fraction of sp³-hybridized carbons (Fsp3) is 0.647. The third kappa shape index (κ3) is 3.96. The molecule has 1 fully saturated rings. The number of aromatic nitrogens is 1. The molecule has 0 spiro atoms. The molecule has 116 valence electrons. The van der Waals surface area contributed by atoms with Gasteiger partial charge in [-0.2, -0.15) is 0 Å². The quantitative estimate of drug-likeness (QED) is 0.926. The molecule has 0 radical (unpaired) electrons. The predicted molar refractivity (Wildman–Crippen MR) is 85.8 cm³/mol. The lowest BCUT2D eigenvalue weighted by atomic mass is 9.78. The topological polar surface area (TPSA) is 59.2 Å². The number of nitrogens with zero attached hydrogens (tertiary/aromatic N) is 2. The van der Waals surface area contributed by atoms with Crippen LogP contribution in [0.4, 0.5) is 5.82 Å². The molecule has 1 unspecified atom stereocenters. The summed E-state index contributed by atoms with van der Waals surface area (Å²) in [4.78, 5) is 17.6. The van der Waals surface area contributed by atoms with Crippen molar-refractivity contribution >= 4 is 11.7 Å². The molecule has 2 heterocycles. The number of piperidine rings is 1. The Bertz CT molecular complexity index is 479. The van der Waals surface area contributed by atoms with E-state index in [9.17, 15) is 4.79 Å². The molecule has 21 heavy (non-hydrogen) atoms. The smallest absolute Gasteiger partial charge is 0.219 e. The van der Waals surface area contributed by atoms with Crippen LogP contribution in [-0.2, 0) is 4.79 Å². The molecule has 2 rings (SSSR count). The van der Waals surface area contributed by atoms with Crippen LogP contribution in [0.5, 0.6) is 0 Å². The van der Waals surface area contributed by atoms with Crippen molar-refractivity contribution in [3.05, 3.63) is 23.9 Å². The molecule has 4 heteroatoms. The van der Waals surface area contributed by atoms with Crippen molar-refractivity contribution in [2.75, 3.05) is 18.8 Å². The van der Waals surface area contributed by atoms with Crippen LogP contribution < -0.4 is 5.73 Å². The summed E-state index contributed by atoms with van der Waals surface area (Å²) < 4.78 is 0. The molecule has 1 aromatic heterocycles. The second-order valence-electron chi connectivity index (χ2n) is 6.51. The lowest BCUT2D eigenvalue weighted by Gasteiger charge is -2.34. The minimum Gasteiger partial charge on any atom is -0.383 e. The van der Waals surface area contributed by atoms with E-state index in [1.54, 1.807) is 13.1 Å². The maximum atomic E-state index is 11.4. The Labute approximate surface area is 127 Å². The molecular formula is C17H27N3O. The summed E-state index contributed by atoms with van der Waals surface area (Å²) in [5, 5.41) is 0. The molecule has 1 aliphatic heterocycles. The van der Waals surface area contributed by atoms with Crippen LogP contribution >= 0.6 is 0 Å². The van der Waals surface area contributed by atoms with Crippen molar-refractivity contribution in [2.24, 2.45) is 11.8 Å². The monoisotopic (exact) mass is 289 g/mol. The highest BCUT2D eigenvalue weighted by molar-refractivity contribution is 5.73. The van der Waals surface area contributed by atoms with Crippen molar-refractivity contribution in [1.82, 2.24) is 9.88 Å². The van der Waals surface area contributed by atoms with Gasteiger partial charge in [-0.1, -0.05) is 19.9 Å². The Morgan fingerprint density at radius 3 is 2.62 bits per heavy atom. The Morgan fingerprint density at radius 1 is 1.43 bits per heavy atom. The van der Waals surface area contributed by atoms with E-state index in [1.165, 1.54) is 5.56 Å². The number of likely N-dealkylation sites (tertiary alicyclic amines) is 1. The van der Waals surface area contributed by atoms with Crippen LogP contribution in [-0.4, -0.2) is 28.9 Å². The van der Waals surface area contributed by atoms with Crippen molar-refractivity contribution < 1.29 is 4.79 Å². The number of anilines is 1. The molecule has 2 N–H and O–H groups in total. The van der Waals surface area contributed by atoms with E-state index in [1.807, 2.05) is 11.0 Å². The average Bonchev–Trinajstić information content (AvgIpc) is 2.46. The Kier molecular flexibility index (Phi) is 5.21.